The van der Waals surface area contributed by atoms with Crippen molar-refractivity contribution in [2.24, 2.45) is 0 Å². The fourth-order valence-electron chi connectivity index (χ4n) is 3.93. The molecule has 3 rings (SSSR count). The fraction of sp³-hybridized carbons (Fsp3) is 0.481. The van der Waals surface area contributed by atoms with E-state index in [0.717, 1.165) is 71.7 Å². The molecule has 1 amide bonds. The number of unbranched alkanes of at least 4 members (excludes halogenated alkanes) is 2. The zero-order valence-corrected chi connectivity index (χ0v) is 21.5. The number of nitrogens with one attached hydrogen (secondary N) is 1. The first-order chi connectivity index (χ1) is 16.5. The van der Waals surface area contributed by atoms with E-state index >= 15 is 0 Å². The zero-order valence-electron chi connectivity index (χ0n) is 20.6. The summed E-state index contributed by atoms with van der Waals surface area (Å²) in [6.45, 7) is 6.21. The number of amides is 1. The predicted molar refractivity (Wildman–Crippen MR) is 141 cm³/mol. The SMILES string of the molecule is CCCc1nc2c(S)cc(OCCCCCC(=O)NCCCOC)cc2n1-c1ccc(C)cc1. The van der Waals surface area contributed by atoms with E-state index in [9.17, 15) is 4.79 Å². The number of aryl methyl sites for hydroxylation is 2. The van der Waals surface area contributed by atoms with Crippen LogP contribution in [0.25, 0.3) is 16.7 Å². The van der Waals surface area contributed by atoms with Gasteiger partial charge in [-0.15, -0.1) is 12.6 Å². The van der Waals surface area contributed by atoms with Gasteiger partial charge >= 0.3 is 0 Å². The first-order valence-corrected chi connectivity index (χ1v) is 12.7. The van der Waals surface area contributed by atoms with Gasteiger partial charge in [0.25, 0.3) is 0 Å². The average molecular weight is 484 g/mol. The van der Waals surface area contributed by atoms with E-state index < -0.39 is 0 Å². The van der Waals surface area contributed by atoms with Crippen molar-refractivity contribution in [2.75, 3.05) is 26.9 Å². The van der Waals surface area contributed by atoms with Crippen molar-refractivity contribution >= 4 is 29.6 Å². The molecule has 1 N–H and O–H groups in total. The molecule has 0 atom stereocenters. The molecule has 0 saturated heterocycles. The minimum Gasteiger partial charge on any atom is -0.493 e. The van der Waals surface area contributed by atoms with E-state index in [1.807, 2.05) is 6.07 Å². The van der Waals surface area contributed by atoms with E-state index in [1.165, 1.54) is 5.56 Å². The van der Waals surface area contributed by atoms with E-state index in [4.69, 9.17) is 27.1 Å². The van der Waals surface area contributed by atoms with Gasteiger partial charge in [0, 0.05) is 49.8 Å². The average Bonchev–Trinajstić information content (AvgIpc) is 3.18. The molecular formula is C27H37N3O3S. The Labute approximate surface area is 208 Å². The molecule has 0 aliphatic rings. The number of imidazole rings is 1. The minimum atomic E-state index is 0.106. The first kappa shape index (κ1) is 26.1. The lowest BCUT2D eigenvalue weighted by molar-refractivity contribution is -0.121. The number of aromatic nitrogens is 2. The number of thiol groups is 1. The number of carbonyl (C=O) groups excluding carboxylic acids is 1. The highest BCUT2D eigenvalue weighted by Crippen LogP contribution is 2.31. The number of hydrogen-bond acceptors (Lipinski definition) is 5. The Morgan fingerprint density at radius 3 is 2.62 bits per heavy atom. The van der Waals surface area contributed by atoms with Crippen LogP contribution in [0.5, 0.6) is 5.75 Å². The Morgan fingerprint density at radius 1 is 1.09 bits per heavy atom. The van der Waals surface area contributed by atoms with Crippen LogP contribution in [0, 0.1) is 6.92 Å². The first-order valence-electron chi connectivity index (χ1n) is 12.2. The third-order valence-corrected chi connectivity index (χ3v) is 6.05. The van der Waals surface area contributed by atoms with E-state index in [1.54, 1.807) is 7.11 Å². The molecule has 0 aliphatic heterocycles. The van der Waals surface area contributed by atoms with Crippen molar-refractivity contribution in [1.82, 2.24) is 14.9 Å². The van der Waals surface area contributed by atoms with Crippen LogP contribution in [0.1, 0.15) is 56.8 Å². The van der Waals surface area contributed by atoms with Gasteiger partial charge in [-0.05, 0) is 57.2 Å². The van der Waals surface area contributed by atoms with E-state index in [0.29, 0.717) is 26.2 Å². The second kappa shape index (κ2) is 13.4. The van der Waals surface area contributed by atoms with Gasteiger partial charge in [-0.3, -0.25) is 9.36 Å². The molecule has 2 aromatic carbocycles. The van der Waals surface area contributed by atoms with Crippen LogP contribution in [0.15, 0.2) is 41.3 Å². The monoisotopic (exact) mass is 483 g/mol. The molecule has 0 fully saturated rings. The van der Waals surface area contributed by atoms with Crippen molar-refractivity contribution in [1.29, 1.82) is 0 Å². The van der Waals surface area contributed by atoms with E-state index in [2.05, 4.69) is 54.1 Å². The quantitative estimate of drug-likeness (QED) is 0.229. The van der Waals surface area contributed by atoms with Crippen LogP contribution in [0.3, 0.4) is 0 Å². The van der Waals surface area contributed by atoms with Crippen LogP contribution in [0.4, 0.5) is 0 Å². The second-order valence-corrected chi connectivity index (χ2v) is 9.10. The summed E-state index contributed by atoms with van der Waals surface area (Å²) in [5.74, 6) is 1.94. The van der Waals surface area contributed by atoms with E-state index in [-0.39, 0.29) is 5.91 Å². The van der Waals surface area contributed by atoms with Crippen LogP contribution < -0.4 is 10.1 Å². The Kier molecular flexibility index (Phi) is 10.3. The molecule has 1 aromatic heterocycles. The summed E-state index contributed by atoms with van der Waals surface area (Å²) in [6, 6.07) is 12.5. The maximum atomic E-state index is 11.8. The molecule has 6 nitrogen and oxygen atoms in total. The van der Waals surface area contributed by atoms with Gasteiger partial charge in [-0.1, -0.05) is 24.6 Å². The topological polar surface area (TPSA) is 65.4 Å². The number of nitrogens with zero attached hydrogens (tertiary/aromatic N) is 2. The minimum absolute atomic E-state index is 0.106. The Balaban J connectivity index is 1.59. The molecule has 0 radical (unpaired) electrons. The van der Waals surface area contributed by atoms with Crippen molar-refractivity contribution < 1.29 is 14.3 Å². The summed E-state index contributed by atoms with van der Waals surface area (Å²) in [5, 5.41) is 2.92. The highest BCUT2D eigenvalue weighted by molar-refractivity contribution is 7.80. The molecule has 0 bridgehead atoms. The van der Waals surface area contributed by atoms with Gasteiger partial charge < -0.3 is 14.8 Å². The Hall–Kier alpha value is -2.51. The molecule has 3 aromatic rings. The summed E-state index contributed by atoms with van der Waals surface area (Å²) < 4.78 is 13.3. The van der Waals surface area contributed by atoms with Crippen LogP contribution in [0.2, 0.25) is 0 Å². The number of methoxy groups -OCH3 is 1. The molecular weight excluding hydrogens is 446 g/mol. The lowest BCUT2D eigenvalue weighted by Crippen LogP contribution is -2.24. The van der Waals surface area contributed by atoms with Gasteiger partial charge in [0.15, 0.2) is 0 Å². The molecule has 1 heterocycles. The summed E-state index contributed by atoms with van der Waals surface area (Å²) >= 11 is 4.71. The van der Waals surface area contributed by atoms with Gasteiger partial charge in [-0.2, -0.15) is 0 Å². The number of benzene rings is 2. The summed E-state index contributed by atoms with van der Waals surface area (Å²) in [5.41, 5.74) is 4.24. The van der Waals surface area contributed by atoms with Gasteiger partial charge in [0.2, 0.25) is 5.91 Å². The highest BCUT2D eigenvalue weighted by Gasteiger charge is 2.15. The van der Waals surface area contributed by atoms with Crippen LogP contribution in [-0.4, -0.2) is 42.3 Å². The number of carbonyl (C=O) groups is 1. The van der Waals surface area contributed by atoms with Gasteiger partial charge in [0.1, 0.15) is 17.1 Å². The number of hydrogen-bond donors (Lipinski definition) is 2. The smallest absolute Gasteiger partial charge is 0.219 e. The summed E-state index contributed by atoms with van der Waals surface area (Å²) in [6.07, 6.45) is 6.01. The third kappa shape index (κ3) is 7.24. The largest absolute Gasteiger partial charge is 0.493 e. The number of fused-ring (bicyclic) bond motifs is 1. The standard InChI is InChI=1S/C27H37N3O3S/c1-4-9-25-29-27-23(30(25)21-13-11-20(2)12-14-21)18-22(19-24(27)34)33-17-7-5-6-10-26(31)28-15-8-16-32-3/h11-14,18-19,34H,4-10,15-17H2,1-3H3,(H,28,31). The zero-order chi connectivity index (χ0) is 24.3. The third-order valence-electron chi connectivity index (χ3n) is 5.71. The van der Waals surface area contributed by atoms with Crippen LogP contribution in [-0.2, 0) is 16.0 Å². The molecule has 0 spiro atoms. The lowest BCUT2D eigenvalue weighted by Gasteiger charge is -2.11. The fourth-order valence-corrected chi connectivity index (χ4v) is 4.22. The molecule has 0 unspecified atom stereocenters. The summed E-state index contributed by atoms with van der Waals surface area (Å²) in [4.78, 5) is 17.6. The molecule has 0 saturated carbocycles. The Morgan fingerprint density at radius 2 is 1.88 bits per heavy atom. The maximum absolute atomic E-state index is 11.8. The van der Waals surface area contributed by atoms with Crippen molar-refractivity contribution in [3.63, 3.8) is 0 Å². The molecule has 184 valence electrons. The maximum Gasteiger partial charge on any atom is 0.219 e. The van der Waals surface area contributed by atoms with Crippen LogP contribution >= 0.6 is 12.6 Å². The van der Waals surface area contributed by atoms with Gasteiger partial charge in [0.05, 0.1) is 12.1 Å². The molecule has 34 heavy (non-hydrogen) atoms. The summed E-state index contributed by atoms with van der Waals surface area (Å²) in [7, 11) is 1.67. The Bertz CT molecular complexity index is 1060. The second-order valence-electron chi connectivity index (χ2n) is 8.61. The normalized spacial score (nSPS) is 11.2. The molecule has 0 aliphatic carbocycles. The van der Waals surface area contributed by atoms with Crippen molar-refractivity contribution in [3.8, 4) is 11.4 Å². The lowest BCUT2D eigenvalue weighted by atomic mass is 10.2. The van der Waals surface area contributed by atoms with Crippen molar-refractivity contribution in [2.45, 2.75) is 63.7 Å². The van der Waals surface area contributed by atoms with Crippen molar-refractivity contribution in [3.05, 3.63) is 47.8 Å². The number of ether oxygens (including phenoxy) is 2. The van der Waals surface area contributed by atoms with Gasteiger partial charge in [-0.25, -0.2) is 4.98 Å². The predicted octanol–water partition coefficient (Wildman–Crippen LogP) is 5.67. The number of rotatable bonds is 14. The highest BCUT2D eigenvalue weighted by atomic mass is 32.1. The molecule has 7 heteroatoms.